The van der Waals surface area contributed by atoms with Gasteiger partial charge in [-0.3, -0.25) is 4.79 Å². The van der Waals surface area contributed by atoms with Crippen LogP contribution in [0, 0.1) is 17.3 Å². The van der Waals surface area contributed by atoms with Gasteiger partial charge in [0.05, 0.1) is 24.0 Å². The van der Waals surface area contributed by atoms with Crippen molar-refractivity contribution in [3.63, 3.8) is 0 Å². The van der Waals surface area contributed by atoms with Crippen molar-refractivity contribution in [3.05, 3.63) is 35.3 Å². The normalized spacial score (nSPS) is 42.6. The highest BCUT2D eigenvalue weighted by atomic mass is 16.6. The summed E-state index contributed by atoms with van der Waals surface area (Å²) in [7, 11) is 0. The van der Waals surface area contributed by atoms with Gasteiger partial charge in [-0.15, -0.1) is 0 Å². The highest BCUT2D eigenvalue weighted by Crippen LogP contribution is 2.62. The minimum atomic E-state index is -0.888. The first-order valence-corrected chi connectivity index (χ1v) is 8.89. The zero-order valence-corrected chi connectivity index (χ0v) is 13.9. The number of fused-ring (bicyclic) bond motifs is 1. The van der Waals surface area contributed by atoms with E-state index >= 15 is 0 Å². The van der Waals surface area contributed by atoms with E-state index in [-0.39, 0.29) is 29.9 Å². The van der Waals surface area contributed by atoms with E-state index < -0.39 is 17.6 Å². The van der Waals surface area contributed by atoms with Gasteiger partial charge >= 0.3 is 11.9 Å². The van der Waals surface area contributed by atoms with Gasteiger partial charge in [0, 0.05) is 29.4 Å². The third kappa shape index (κ3) is 1.78. The number of furan rings is 1. The van der Waals surface area contributed by atoms with Crippen molar-refractivity contribution in [1.82, 2.24) is 0 Å². The van der Waals surface area contributed by atoms with Crippen molar-refractivity contribution in [1.29, 1.82) is 0 Å². The first kappa shape index (κ1) is 15.2. The van der Waals surface area contributed by atoms with Crippen LogP contribution in [0.2, 0.25) is 0 Å². The molecule has 2 fully saturated rings. The van der Waals surface area contributed by atoms with Gasteiger partial charge in [-0.1, -0.05) is 6.92 Å². The number of carbonyl (C=O) groups is 2. The van der Waals surface area contributed by atoms with Crippen LogP contribution in [0.4, 0.5) is 0 Å². The second kappa shape index (κ2) is 4.97. The Bertz CT molecular complexity index is 778. The summed E-state index contributed by atoms with van der Waals surface area (Å²) in [5.74, 6) is -1.05. The van der Waals surface area contributed by atoms with Crippen LogP contribution < -0.4 is 0 Å². The van der Waals surface area contributed by atoms with Gasteiger partial charge in [0.1, 0.15) is 6.10 Å². The first-order valence-electron chi connectivity index (χ1n) is 8.89. The van der Waals surface area contributed by atoms with Crippen molar-refractivity contribution >= 4 is 11.9 Å². The van der Waals surface area contributed by atoms with Crippen LogP contribution in [-0.4, -0.2) is 29.3 Å². The quantitative estimate of drug-likeness (QED) is 0.787. The Morgan fingerprint density at radius 1 is 1.28 bits per heavy atom. The maximum Gasteiger partial charge on any atom is 0.334 e. The highest BCUT2D eigenvalue weighted by Gasteiger charge is 2.67. The molecule has 1 saturated heterocycles. The van der Waals surface area contributed by atoms with Gasteiger partial charge in [-0.25, -0.2) is 4.79 Å². The molecule has 2 aliphatic heterocycles. The van der Waals surface area contributed by atoms with E-state index in [0.29, 0.717) is 18.4 Å². The number of hydrogen-bond donors (Lipinski definition) is 1. The van der Waals surface area contributed by atoms with Crippen molar-refractivity contribution in [2.45, 2.75) is 50.9 Å². The van der Waals surface area contributed by atoms with Crippen molar-refractivity contribution in [3.8, 4) is 0 Å². The smallest absolute Gasteiger partial charge is 0.334 e. The summed E-state index contributed by atoms with van der Waals surface area (Å²) in [6.45, 7) is 1.88. The summed E-state index contributed by atoms with van der Waals surface area (Å²) >= 11 is 0. The summed E-state index contributed by atoms with van der Waals surface area (Å²) in [6.07, 6.45) is 4.11. The van der Waals surface area contributed by atoms with E-state index in [9.17, 15) is 14.7 Å². The fraction of sp³-hybridized carbons (Fsp3) is 0.579. The lowest BCUT2D eigenvalue weighted by atomic mass is 9.53. The molecule has 1 saturated carbocycles. The Hall–Kier alpha value is -2.08. The Morgan fingerprint density at radius 3 is 2.88 bits per heavy atom. The van der Waals surface area contributed by atoms with Gasteiger partial charge in [-0.2, -0.15) is 0 Å². The number of esters is 2. The molecule has 3 heterocycles. The van der Waals surface area contributed by atoms with E-state index in [1.807, 2.05) is 6.92 Å². The van der Waals surface area contributed by atoms with Gasteiger partial charge < -0.3 is 19.0 Å². The molecule has 0 amide bonds. The molecule has 1 spiro atoms. The van der Waals surface area contributed by atoms with E-state index in [2.05, 4.69) is 0 Å². The number of aliphatic hydroxyl groups excluding tert-OH is 1. The predicted molar refractivity (Wildman–Crippen MR) is 84.0 cm³/mol. The molecule has 0 radical (unpaired) electrons. The molecular weight excluding hydrogens is 324 g/mol. The number of cyclic esters (lactones) is 1. The highest BCUT2D eigenvalue weighted by molar-refractivity contribution is 5.94. The molecule has 2 aliphatic carbocycles. The summed E-state index contributed by atoms with van der Waals surface area (Å²) < 4.78 is 16.3. The van der Waals surface area contributed by atoms with Crippen molar-refractivity contribution in [2.75, 3.05) is 0 Å². The molecule has 1 aromatic rings. The van der Waals surface area contributed by atoms with Crippen molar-refractivity contribution in [2.24, 2.45) is 17.3 Å². The predicted octanol–water partition coefficient (Wildman–Crippen LogP) is 2.29. The number of aliphatic hydroxyl groups is 1. The van der Waals surface area contributed by atoms with E-state index in [4.69, 9.17) is 13.9 Å². The minimum absolute atomic E-state index is 0.101. The maximum absolute atomic E-state index is 13.1. The zero-order valence-electron chi connectivity index (χ0n) is 13.9. The monoisotopic (exact) mass is 344 g/mol. The van der Waals surface area contributed by atoms with Gasteiger partial charge in [0.2, 0.25) is 0 Å². The van der Waals surface area contributed by atoms with E-state index in [0.717, 1.165) is 24.0 Å². The topological polar surface area (TPSA) is 86.0 Å². The maximum atomic E-state index is 13.1. The molecule has 6 unspecified atom stereocenters. The molecule has 1 aromatic heterocycles. The number of hydrogen-bond acceptors (Lipinski definition) is 6. The average Bonchev–Trinajstić information content (AvgIpc) is 3.31. The van der Waals surface area contributed by atoms with Crippen LogP contribution in [-0.2, 0) is 19.1 Å². The van der Waals surface area contributed by atoms with Crippen LogP contribution in [0.15, 0.2) is 34.2 Å². The van der Waals surface area contributed by atoms with Gasteiger partial charge in [0.25, 0.3) is 0 Å². The van der Waals surface area contributed by atoms with Crippen LogP contribution in [0.3, 0.4) is 0 Å². The lowest BCUT2D eigenvalue weighted by Gasteiger charge is -2.49. The third-order valence-corrected chi connectivity index (χ3v) is 6.75. The second-order valence-corrected chi connectivity index (χ2v) is 7.68. The Labute approximate surface area is 144 Å². The molecular formula is C19H20O6. The van der Waals surface area contributed by atoms with Crippen molar-refractivity contribution < 1.29 is 28.6 Å². The summed E-state index contributed by atoms with van der Waals surface area (Å²) in [4.78, 5) is 25.3. The SMILES string of the molecule is CC1C(O)C2OC(=O)C3=C2C(CCC3)C12CC(c1ccoc1)OC2=O. The Balaban J connectivity index is 1.63. The minimum Gasteiger partial charge on any atom is -0.472 e. The summed E-state index contributed by atoms with van der Waals surface area (Å²) in [5, 5.41) is 10.8. The van der Waals surface area contributed by atoms with Crippen LogP contribution in [0.5, 0.6) is 0 Å². The molecule has 6 nitrogen and oxygen atoms in total. The van der Waals surface area contributed by atoms with E-state index in [1.165, 1.54) is 0 Å². The molecule has 0 aromatic carbocycles. The lowest BCUT2D eigenvalue weighted by Crippen LogP contribution is -2.56. The molecule has 5 rings (SSSR count). The molecule has 25 heavy (non-hydrogen) atoms. The number of ether oxygens (including phenoxy) is 2. The number of rotatable bonds is 1. The fourth-order valence-corrected chi connectivity index (χ4v) is 5.48. The van der Waals surface area contributed by atoms with Crippen LogP contribution >= 0.6 is 0 Å². The average molecular weight is 344 g/mol. The zero-order chi connectivity index (χ0) is 17.3. The van der Waals surface area contributed by atoms with E-state index in [1.54, 1.807) is 18.6 Å². The first-order chi connectivity index (χ1) is 12.0. The van der Waals surface area contributed by atoms with Gasteiger partial charge in [0.15, 0.2) is 6.10 Å². The molecule has 0 bridgehead atoms. The molecule has 132 valence electrons. The van der Waals surface area contributed by atoms with Crippen LogP contribution in [0.25, 0.3) is 0 Å². The molecule has 1 N–H and O–H groups in total. The Kier molecular flexibility index (Phi) is 3.02. The van der Waals surface area contributed by atoms with Gasteiger partial charge in [-0.05, 0) is 30.9 Å². The number of carbonyl (C=O) groups excluding carboxylic acids is 2. The standard InChI is InChI=1S/C19H20O6/c1-9-15(20)16-14-11(17(21)25-16)3-2-4-12(14)19(9)7-13(24-18(19)22)10-5-6-23-8-10/h5-6,8-9,12-13,15-16,20H,2-4,7H2,1H3. The fourth-order valence-electron chi connectivity index (χ4n) is 5.48. The summed E-state index contributed by atoms with van der Waals surface area (Å²) in [6, 6.07) is 1.80. The largest absolute Gasteiger partial charge is 0.472 e. The molecule has 4 aliphatic rings. The second-order valence-electron chi connectivity index (χ2n) is 7.68. The summed E-state index contributed by atoms with van der Waals surface area (Å²) in [5.41, 5.74) is 1.54. The third-order valence-electron chi connectivity index (χ3n) is 6.75. The van der Waals surface area contributed by atoms with Crippen LogP contribution in [0.1, 0.15) is 44.3 Å². The molecule has 6 atom stereocenters. The lowest BCUT2D eigenvalue weighted by molar-refractivity contribution is -0.166. The Morgan fingerprint density at radius 2 is 2.12 bits per heavy atom. The molecule has 6 heteroatoms.